The van der Waals surface area contributed by atoms with Crippen molar-refractivity contribution in [3.63, 3.8) is 0 Å². The molecule has 0 amide bonds. The molecule has 0 atom stereocenters. The number of non-ortho nitro benzene ring substituents is 1. The van der Waals surface area contributed by atoms with Crippen molar-refractivity contribution >= 4 is 43.0 Å². The van der Waals surface area contributed by atoms with E-state index in [2.05, 4.69) is 128 Å². The number of rotatable bonds is 5. The van der Waals surface area contributed by atoms with Gasteiger partial charge in [-0.1, -0.05) is 97.1 Å². The zero-order valence-electron chi connectivity index (χ0n) is 17.1. The van der Waals surface area contributed by atoms with Crippen LogP contribution in [0.3, 0.4) is 0 Å². The smallest absolute Gasteiger partial charge is 0.0134 e. The molecular formula is C25H22BrN2O2PPd. The Morgan fingerprint density at radius 3 is 1.56 bits per heavy atom. The van der Waals surface area contributed by atoms with Crippen LogP contribution in [0.15, 0.2) is 109 Å². The second kappa shape index (κ2) is 14.8. The van der Waals surface area contributed by atoms with Crippen molar-refractivity contribution in [3.05, 3.63) is 131 Å². The molecule has 0 fully saturated rings. The Kier molecular flexibility index (Phi) is 12.1. The van der Waals surface area contributed by atoms with E-state index in [1.54, 1.807) is 6.07 Å². The fraction of sp³-hybridized carbons (Fsp3) is 0.0400. The third-order valence-corrected chi connectivity index (χ3v) is 6.77. The van der Waals surface area contributed by atoms with Gasteiger partial charge in [0.1, 0.15) is 0 Å². The van der Waals surface area contributed by atoms with Gasteiger partial charge in [-0.05, 0) is 30.4 Å². The molecule has 0 aliphatic rings. The summed E-state index contributed by atoms with van der Waals surface area (Å²) in [6.07, 6.45) is 0. The summed E-state index contributed by atoms with van der Waals surface area (Å²) < 4.78 is 0. The summed E-state index contributed by atoms with van der Waals surface area (Å²) in [6.45, 7) is 0.304. The number of nitro benzene ring substituents is 1. The van der Waals surface area contributed by atoms with E-state index >= 15 is 0 Å². The van der Waals surface area contributed by atoms with Gasteiger partial charge in [-0.25, -0.2) is 0 Å². The maximum atomic E-state index is 10.2. The van der Waals surface area contributed by atoms with E-state index < -0.39 is 12.8 Å². The minimum atomic E-state index is -0.463. The van der Waals surface area contributed by atoms with Crippen LogP contribution in [-0.2, 0) is 23.7 Å². The molecule has 4 rings (SSSR count). The van der Waals surface area contributed by atoms with Gasteiger partial charge in [0.25, 0.3) is 0 Å². The molecule has 4 nitrogen and oxygen atoms in total. The molecular weight excluding hydrogens is 578 g/mol. The molecule has 0 radical (unpaired) electrons. The molecule has 4 aromatic carbocycles. The predicted molar refractivity (Wildman–Crippen MR) is 134 cm³/mol. The molecule has 0 heterocycles. The molecule has 0 aromatic heterocycles. The number of nitro groups is 1. The fourth-order valence-electron chi connectivity index (χ4n) is 2.91. The maximum absolute atomic E-state index is 10.2. The van der Waals surface area contributed by atoms with Gasteiger partial charge in [0.05, 0.1) is 0 Å². The van der Waals surface area contributed by atoms with Gasteiger partial charge in [-0.15, -0.1) is 11.6 Å². The van der Waals surface area contributed by atoms with E-state index in [4.69, 9.17) is 5.73 Å². The minimum absolute atomic E-state index is 0.0351. The van der Waals surface area contributed by atoms with Crippen molar-refractivity contribution in [1.82, 2.24) is 0 Å². The van der Waals surface area contributed by atoms with Crippen LogP contribution in [0, 0.1) is 16.2 Å². The van der Waals surface area contributed by atoms with Crippen molar-refractivity contribution in [2.45, 2.75) is 6.54 Å². The van der Waals surface area contributed by atoms with Crippen molar-refractivity contribution in [2.75, 3.05) is 0 Å². The van der Waals surface area contributed by atoms with E-state index in [-0.39, 0.29) is 5.69 Å². The summed E-state index contributed by atoms with van der Waals surface area (Å²) in [5.41, 5.74) is 6.03. The first kappa shape index (κ1) is 26.1. The van der Waals surface area contributed by atoms with Gasteiger partial charge < -0.3 is 5.73 Å². The van der Waals surface area contributed by atoms with Crippen LogP contribution in [0.25, 0.3) is 0 Å². The van der Waals surface area contributed by atoms with Gasteiger partial charge in [0.2, 0.25) is 0 Å². The van der Waals surface area contributed by atoms with Crippen LogP contribution >= 0.6 is 21.4 Å². The Balaban J connectivity index is 0.000000239. The molecule has 7 heteroatoms. The third kappa shape index (κ3) is 8.06. The van der Waals surface area contributed by atoms with Gasteiger partial charge in [0.15, 0.2) is 5.69 Å². The molecule has 0 spiro atoms. The first-order valence-corrected chi connectivity index (χ1v) is 14.5. The SMILES string of the molecule is NCc1c[c-]cc([N+](=O)[O-])c1.[Br][Pd+].c1ccc(P(c2ccccc2)c2ccccc2)cc1. The second-order valence-electron chi connectivity index (χ2n) is 6.40. The molecule has 0 saturated carbocycles. The maximum Gasteiger partial charge on any atom is -0.0134 e. The van der Waals surface area contributed by atoms with Crippen LogP contribution in [0.1, 0.15) is 5.56 Å². The number of nitrogens with zero attached hydrogens (tertiary/aromatic N) is 1. The quantitative estimate of drug-likeness (QED) is 0.114. The summed E-state index contributed by atoms with van der Waals surface area (Å²) in [4.78, 5) is 9.75. The Bertz CT molecular complexity index is 977. The van der Waals surface area contributed by atoms with Gasteiger partial charge in [-0.3, -0.25) is 10.1 Å². The van der Waals surface area contributed by atoms with Gasteiger partial charge in [-0.2, -0.15) is 12.1 Å². The van der Waals surface area contributed by atoms with Crippen molar-refractivity contribution in [1.29, 1.82) is 0 Å². The zero-order chi connectivity index (χ0) is 23.2. The van der Waals surface area contributed by atoms with E-state index in [1.807, 2.05) is 0 Å². The van der Waals surface area contributed by atoms with Gasteiger partial charge in [0, 0.05) is 4.92 Å². The monoisotopic (exact) mass is 598 g/mol. The number of hydrogen-bond donors (Lipinski definition) is 1. The van der Waals surface area contributed by atoms with E-state index in [9.17, 15) is 10.1 Å². The summed E-state index contributed by atoms with van der Waals surface area (Å²) in [5, 5.41) is 14.4. The van der Waals surface area contributed by atoms with Crippen LogP contribution in [0.5, 0.6) is 0 Å². The predicted octanol–water partition coefficient (Wildman–Crippen LogP) is 5.14. The van der Waals surface area contributed by atoms with Crippen LogP contribution in [0.4, 0.5) is 5.69 Å². The summed E-state index contributed by atoms with van der Waals surface area (Å²) >= 11 is 5.35. The van der Waals surface area contributed by atoms with Crippen molar-refractivity contribution in [3.8, 4) is 0 Å². The first-order chi connectivity index (χ1) is 15.7. The standard InChI is InChI=1S/C18H15P.C7H7N2O2.BrH.Pd/c1-4-10-16(11-5-1)19(17-12-6-2-7-13-17)18-14-8-3-9-15-18;8-5-6-2-1-3-7(4-6)9(10)11;;/h1-15H;2-4H,5,8H2;1H;/q;-1;;+2/p-1. The molecule has 2 N–H and O–H groups in total. The van der Waals surface area contributed by atoms with Crippen LogP contribution in [0.2, 0.25) is 0 Å². The average molecular weight is 600 g/mol. The molecule has 0 aliphatic carbocycles. The number of benzene rings is 4. The molecule has 0 aliphatic heterocycles. The number of halogens is 1. The third-order valence-electron chi connectivity index (χ3n) is 4.32. The van der Waals surface area contributed by atoms with Crippen molar-refractivity contribution < 1.29 is 22.1 Å². The summed E-state index contributed by atoms with van der Waals surface area (Å²) in [6, 6.07) is 39.4. The fourth-order valence-corrected chi connectivity index (χ4v) is 5.21. The van der Waals surface area contributed by atoms with E-state index in [1.165, 1.54) is 28.0 Å². The Morgan fingerprint density at radius 1 is 0.812 bits per heavy atom. The van der Waals surface area contributed by atoms with Crippen molar-refractivity contribution in [2.24, 2.45) is 5.73 Å². The largest absolute Gasteiger partial charge is 0.0622 e. The van der Waals surface area contributed by atoms with Crippen LogP contribution in [-0.4, -0.2) is 4.92 Å². The second-order valence-corrected chi connectivity index (χ2v) is 8.62. The Hall–Kier alpha value is -2.19. The van der Waals surface area contributed by atoms with E-state index in [0.29, 0.717) is 6.54 Å². The molecule has 32 heavy (non-hydrogen) atoms. The van der Waals surface area contributed by atoms with Gasteiger partial charge >= 0.3 is 30.6 Å². The molecule has 0 unspecified atom stereocenters. The molecule has 4 aromatic rings. The summed E-state index contributed by atoms with van der Waals surface area (Å²) in [7, 11) is -0.446. The summed E-state index contributed by atoms with van der Waals surface area (Å²) in [5.74, 6) is 0. The van der Waals surface area contributed by atoms with Crippen LogP contribution < -0.4 is 21.6 Å². The zero-order valence-corrected chi connectivity index (χ0v) is 21.1. The minimum Gasteiger partial charge on any atom is -0.0622 e. The molecule has 0 bridgehead atoms. The number of nitrogens with two attached hydrogens (primary N) is 1. The average Bonchev–Trinajstić information content (AvgIpc) is 2.88. The first-order valence-electron chi connectivity index (χ1n) is 9.61. The molecule has 0 saturated heterocycles. The topological polar surface area (TPSA) is 69.2 Å². The molecule has 166 valence electrons. The Labute approximate surface area is 207 Å². The normalized spacial score (nSPS) is 9.78. The van der Waals surface area contributed by atoms with E-state index in [0.717, 1.165) is 5.56 Å². The number of hydrogen-bond acceptors (Lipinski definition) is 3. The Morgan fingerprint density at radius 2 is 1.22 bits per heavy atom.